The monoisotopic (exact) mass is 401 g/mol. The van der Waals surface area contributed by atoms with Crippen LogP contribution in [0.3, 0.4) is 0 Å². The highest BCUT2D eigenvalue weighted by Crippen LogP contribution is 2.17. The lowest BCUT2D eigenvalue weighted by Gasteiger charge is -2.12. The zero-order valence-corrected chi connectivity index (χ0v) is 17.4. The molecule has 3 N–H and O–H groups in total. The fraction of sp³-hybridized carbons (Fsp3) is 0.200. The van der Waals surface area contributed by atoms with Crippen LogP contribution in [-0.4, -0.2) is 18.4 Å². The molecule has 0 aromatic heterocycles. The summed E-state index contributed by atoms with van der Waals surface area (Å²) in [5.74, 6) is -0.206. The van der Waals surface area contributed by atoms with Gasteiger partial charge in [0.05, 0.1) is 6.54 Å². The minimum absolute atomic E-state index is 0.0566. The minimum Gasteiger partial charge on any atom is -0.376 e. The number of nitrogens with one attached hydrogen (secondary N) is 3. The Morgan fingerprint density at radius 2 is 1.47 bits per heavy atom. The smallest absolute Gasteiger partial charge is 0.243 e. The highest BCUT2D eigenvalue weighted by molar-refractivity contribution is 5.95. The molecule has 0 aliphatic heterocycles. The maximum atomic E-state index is 12.3. The molecule has 0 aliphatic rings. The van der Waals surface area contributed by atoms with E-state index in [1.165, 1.54) is 0 Å². The molecule has 3 aromatic carbocycles. The van der Waals surface area contributed by atoms with Crippen molar-refractivity contribution in [1.82, 2.24) is 0 Å². The van der Waals surface area contributed by atoms with Crippen molar-refractivity contribution in [3.8, 4) is 0 Å². The maximum absolute atomic E-state index is 12.3. The van der Waals surface area contributed by atoms with Crippen LogP contribution in [0.2, 0.25) is 0 Å². The van der Waals surface area contributed by atoms with Gasteiger partial charge >= 0.3 is 0 Å². The van der Waals surface area contributed by atoms with Gasteiger partial charge in [-0.2, -0.15) is 0 Å². The molecule has 0 saturated heterocycles. The van der Waals surface area contributed by atoms with Gasteiger partial charge in [0.2, 0.25) is 11.8 Å². The number of amides is 2. The molecule has 5 nitrogen and oxygen atoms in total. The first kappa shape index (κ1) is 21.1. The maximum Gasteiger partial charge on any atom is 0.243 e. The molecule has 0 atom stereocenters. The van der Waals surface area contributed by atoms with Crippen LogP contribution >= 0.6 is 0 Å². The lowest BCUT2D eigenvalue weighted by atomic mass is 10.1. The molecule has 0 fully saturated rings. The minimum atomic E-state index is -0.150. The number of hydrogen-bond acceptors (Lipinski definition) is 3. The lowest BCUT2D eigenvalue weighted by molar-refractivity contribution is -0.116. The van der Waals surface area contributed by atoms with Crippen LogP contribution < -0.4 is 16.0 Å². The Bertz CT molecular complexity index is 1020. The van der Waals surface area contributed by atoms with Crippen LogP contribution in [0.4, 0.5) is 17.1 Å². The summed E-state index contributed by atoms with van der Waals surface area (Å²) in [6, 6.07) is 23.2. The third kappa shape index (κ3) is 6.48. The summed E-state index contributed by atoms with van der Waals surface area (Å²) in [5.41, 5.74) is 5.61. The van der Waals surface area contributed by atoms with E-state index in [9.17, 15) is 9.59 Å². The molecule has 2 amide bonds. The van der Waals surface area contributed by atoms with E-state index in [0.29, 0.717) is 24.2 Å². The van der Waals surface area contributed by atoms with Crippen LogP contribution in [0, 0.1) is 13.8 Å². The first-order valence-electron chi connectivity index (χ1n) is 10.0. The summed E-state index contributed by atoms with van der Waals surface area (Å²) < 4.78 is 0. The van der Waals surface area contributed by atoms with Crippen LogP contribution in [0.5, 0.6) is 0 Å². The Morgan fingerprint density at radius 3 is 2.20 bits per heavy atom. The van der Waals surface area contributed by atoms with Crippen molar-refractivity contribution in [1.29, 1.82) is 0 Å². The molecular formula is C25H27N3O2. The standard InChI is InChI=1S/C25H27N3O2/c1-18-11-12-19(2)23(15-18)26-17-25(30)28-22-10-6-9-21(16-22)27-24(29)14-13-20-7-4-3-5-8-20/h3-12,15-16,26H,13-14,17H2,1-2H3,(H,27,29)(H,28,30). The van der Waals surface area contributed by atoms with Crippen LogP contribution in [0.25, 0.3) is 0 Å². The third-order valence-electron chi connectivity index (χ3n) is 4.75. The van der Waals surface area contributed by atoms with Crippen molar-refractivity contribution in [2.45, 2.75) is 26.7 Å². The van der Waals surface area contributed by atoms with Gasteiger partial charge in [-0.25, -0.2) is 0 Å². The van der Waals surface area contributed by atoms with E-state index >= 15 is 0 Å². The molecule has 154 valence electrons. The highest BCUT2D eigenvalue weighted by atomic mass is 16.2. The van der Waals surface area contributed by atoms with Gasteiger partial charge in [-0.05, 0) is 61.2 Å². The molecule has 3 rings (SSSR count). The molecule has 0 bridgehead atoms. The number of benzene rings is 3. The normalized spacial score (nSPS) is 10.3. The average Bonchev–Trinajstić information content (AvgIpc) is 2.74. The summed E-state index contributed by atoms with van der Waals surface area (Å²) in [5, 5.41) is 8.93. The first-order valence-corrected chi connectivity index (χ1v) is 10.0. The predicted molar refractivity (Wildman–Crippen MR) is 123 cm³/mol. The molecule has 0 saturated carbocycles. The summed E-state index contributed by atoms with van der Waals surface area (Å²) in [6.45, 7) is 4.19. The Labute approximate surface area is 177 Å². The Morgan fingerprint density at radius 1 is 0.767 bits per heavy atom. The predicted octanol–water partition coefficient (Wildman–Crippen LogP) is 4.93. The molecule has 0 spiro atoms. The van der Waals surface area contributed by atoms with E-state index in [2.05, 4.69) is 16.0 Å². The summed E-state index contributed by atoms with van der Waals surface area (Å²) in [6.07, 6.45) is 1.09. The molecule has 5 heteroatoms. The van der Waals surface area contributed by atoms with Crippen molar-refractivity contribution < 1.29 is 9.59 Å². The van der Waals surface area contributed by atoms with Gasteiger partial charge < -0.3 is 16.0 Å². The zero-order valence-electron chi connectivity index (χ0n) is 17.4. The summed E-state index contributed by atoms with van der Waals surface area (Å²) >= 11 is 0. The molecule has 0 heterocycles. The molecular weight excluding hydrogens is 374 g/mol. The van der Waals surface area contributed by atoms with Crippen molar-refractivity contribution in [2.75, 3.05) is 22.5 Å². The van der Waals surface area contributed by atoms with Gasteiger partial charge in [-0.15, -0.1) is 0 Å². The van der Waals surface area contributed by atoms with Crippen LogP contribution in [-0.2, 0) is 16.0 Å². The SMILES string of the molecule is Cc1ccc(C)c(NCC(=O)Nc2cccc(NC(=O)CCc3ccccc3)c2)c1. The second-order valence-corrected chi connectivity index (χ2v) is 7.33. The van der Waals surface area contributed by atoms with Crippen molar-refractivity contribution in [3.63, 3.8) is 0 Å². The van der Waals surface area contributed by atoms with Crippen molar-refractivity contribution in [2.24, 2.45) is 0 Å². The summed E-state index contributed by atoms with van der Waals surface area (Å²) in [7, 11) is 0. The van der Waals surface area contributed by atoms with Crippen LogP contribution in [0.1, 0.15) is 23.1 Å². The van der Waals surface area contributed by atoms with E-state index in [4.69, 9.17) is 0 Å². The fourth-order valence-electron chi connectivity index (χ4n) is 3.11. The number of aryl methyl sites for hydroxylation is 3. The van der Waals surface area contributed by atoms with Gasteiger partial charge in [0.15, 0.2) is 0 Å². The largest absolute Gasteiger partial charge is 0.376 e. The fourth-order valence-corrected chi connectivity index (χ4v) is 3.11. The van der Waals surface area contributed by atoms with Gasteiger partial charge in [-0.1, -0.05) is 48.5 Å². The average molecular weight is 402 g/mol. The van der Waals surface area contributed by atoms with E-state index in [-0.39, 0.29) is 18.4 Å². The number of carbonyl (C=O) groups excluding carboxylic acids is 2. The van der Waals surface area contributed by atoms with E-state index < -0.39 is 0 Å². The van der Waals surface area contributed by atoms with E-state index in [1.54, 1.807) is 18.2 Å². The number of hydrogen-bond donors (Lipinski definition) is 3. The van der Waals surface area contributed by atoms with E-state index in [0.717, 1.165) is 22.4 Å². The molecule has 0 aliphatic carbocycles. The number of anilines is 3. The second kappa shape index (κ2) is 10.3. The molecule has 0 unspecified atom stereocenters. The van der Waals surface area contributed by atoms with Gasteiger partial charge in [0.1, 0.15) is 0 Å². The van der Waals surface area contributed by atoms with Crippen molar-refractivity contribution >= 4 is 28.9 Å². The molecule has 0 radical (unpaired) electrons. The topological polar surface area (TPSA) is 70.2 Å². The molecule has 3 aromatic rings. The van der Waals surface area contributed by atoms with Crippen LogP contribution in [0.15, 0.2) is 72.8 Å². The first-order chi connectivity index (χ1) is 14.5. The van der Waals surface area contributed by atoms with Gasteiger partial charge in [0, 0.05) is 23.5 Å². The third-order valence-corrected chi connectivity index (χ3v) is 4.75. The quantitative estimate of drug-likeness (QED) is 0.501. The van der Waals surface area contributed by atoms with Crippen molar-refractivity contribution in [3.05, 3.63) is 89.5 Å². The number of carbonyl (C=O) groups is 2. The molecule has 30 heavy (non-hydrogen) atoms. The Balaban J connectivity index is 1.50. The summed E-state index contributed by atoms with van der Waals surface area (Å²) in [4.78, 5) is 24.5. The highest BCUT2D eigenvalue weighted by Gasteiger charge is 2.07. The van der Waals surface area contributed by atoms with E-state index in [1.807, 2.05) is 68.4 Å². The lowest BCUT2D eigenvalue weighted by Crippen LogP contribution is -2.22. The second-order valence-electron chi connectivity index (χ2n) is 7.33. The van der Waals surface area contributed by atoms with Gasteiger partial charge in [-0.3, -0.25) is 9.59 Å². The van der Waals surface area contributed by atoms with Gasteiger partial charge in [0.25, 0.3) is 0 Å². The Hall–Kier alpha value is -3.60. The Kier molecular flexibility index (Phi) is 7.22. The number of rotatable bonds is 8. The zero-order chi connectivity index (χ0) is 21.3.